The molecule has 6 heteroatoms. The molecule has 1 N–H and O–H groups in total. The van der Waals surface area contributed by atoms with E-state index in [1.54, 1.807) is 0 Å². The van der Waals surface area contributed by atoms with E-state index in [1.807, 2.05) is 60.7 Å². The van der Waals surface area contributed by atoms with Crippen molar-refractivity contribution in [3.8, 4) is 11.4 Å². The number of hydrogen-bond donors (Lipinski definition) is 1. The minimum Gasteiger partial charge on any atom is -0.260 e. The predicted molar refractivity (Wildman–Crippen MR) is 82.5 cm³/mol. The van der Waals surface area contributed by atoms with Crippen LogP contribution in [0, 0.1) is 0 Å². The molecule has 0 aliphatic heterocycles. The molecule has 3 rings (SSSR count). The first-order valence-electron chi connectivity index (χ1n) is 6.32. The molecular weight excluding hydrogens is 284 g/mol. The summed E-state index contributed by atoms with van der Waals surface area (Å²) in [5.41, 5.74) is 3.59. The number of hydrogen-bond acceptors (Lipinski definition) is 4. The van der Waals surface area contributed by atoms with E-state index < -0.39 is 0 Å². The van der Waals surface area contributed by atoms with E-state index in [9.17, 15) is 4.79 Å². The van der Waals surface area contributed by atoms with Crippen molar-refractivity contribution in [1.29, 1.82) is 0 Å². The van der Waals surface area contributed by atoms with Crippen molar-refractivity contribution in [2.75, 3.05) is 5.43 Å². The van der Waals surface area contributed by atoms with Crippen molar-refractivity contribution in [2.45, 2.75) is 4.90 Å². The molecule has 0 saturated heterocycles. The van der Waals surface area contributed by atoms with Crippen LogP contribution in [-0.2, 0) is 0 Å². The fourth-order valence-corrected chi connectivity index (χ4v) is 2.45. The SMILES string of the molecule is O=C(Nn1ncnc1-c1ccccc1)Sc1ccccc1. The number of amides is 1. The molecule has 0 unspecified atom stereocenters. The van der Waals surface area contributed by atoms with Crippen LogP contribution in [0.2, 0.25) is 0 Å². The highest BCUT2D eigenvalue weighted by Crippen LogP contribution is 2.19. The smallest absolute Gasteiger partial charge is 0.260 e. The molecule has 1 amide bonds. The van der Waals surface area contributed by atoms with Gasteiger partial charge in [0.2, 0.25) is 0 Å². The number of benzene rings is 2. The van der Waals surface area contributed by atoms with E-state index in [-0.39, 0.29) is 5.24 Å². The van der Waals surface area contributed by atoms with Gasteiger partial charge in [0.15, 0.2) is 5.82 Å². The topological polar surface area (TPSA) is 59.8 Å². The van der Waals surface area contributed by atoms with Crippen molar-refractivity contribution in [3.63, 3.8) is 0 Å². The third kappa shape index (κ3) is 3.29. The second-order valence-electron chi connectivity index (χ2n) is 4.18. The van der Waals surface area contributed by atoms with E-state index in [2.05, 4.69) is 15.5 Å². The number of nitrogens with one attached hydrogen (secondary N) is 1. The molecule has 0 aliphatic rings. The van der Waals surface area contributed by atoms with Crippen LogP contribution >= 0.6 is 11.8 Å². The van der Waals surface area contributed by atoms with Crippen LogP contribution in [0.4, 0.5) is 4.79 Å². The molecule has 0 fully saturated rings. The molecule has 1 aromatic heterocycles. The highest BCUT2D eigenvalue weighted by molar-refractivity contribution is 8.13. The third-order valence-electron chi connectivity index (χ3n) is 2.73. The molecular formula is C15H12N4OS. The Balaban J connectivity index is 1.74. The molecule has 0 radical (unpaired) electrons. The maximum atomic E-state index is 12.0. The summed E-state index contributed by atoms with van der Waals surface area (Å²) in [7, 11) is 0. The summed E-state index contributed by atoms with van der Waals surface area (Å²) in [4.78, 5) is 18.5. The average molecular weight is 296 g/mol. The van der Waals surface area contributed by atoms with Gasteiger partial charge < -0.3 is 0 Å². The average Bonchev–Trinajstić information content (AvgIpc) is 2.97. The molecule has 21 heavy (non-hydrogen) atoms. The quantitative estimate of drug-likeness (QED) is 0.753. The molecule has 0 spiro atoms. The van der Waals surface area contributed by atoms with Crippen molar-refractivity contribution >= 4 is 17.0 Å². The summed E-state index contributed by atoms with van der Waals surface area (Å²) in [5.74, 6) is 0.595. The van der Waals surface area contributed by atoms with Crippen molar-refractivity contribution in [2.24, 2.45) is 0 Å². The molecule has 0 bridgehead atoms. The van der Waals surface area contributed by atoms with Gasteiger partial charge >= 0.3 is 5.24 Å². The first-order valence-corrected chi connectivity index (χ1v) is 7.14. The molecule has 0 atom stereocenters. The second kappa shape index (κ2) is 6.23. The van der Waals surface area contributed by atoms with Gasteiger partial charge in [-0.05, 0) is 23.9 Å². The zero-order valence-corrected chi connectivity index (χ0v) is 11.8. The first kappa shape index (κ1) is 13.4. The normalized spacial score (nSPS) is 10.3. The Kier molecular flexibility index (Phi) is 3.97. The van der Waals surface area contributed by atoms with Crippen molar-refractivity contribution < 1.29 is 4.79 Å². The van der Waals surface area contributed by atoms with Crippen LogP contribution < -0.4 is 5.43 Å². The predicted octanol–water partition coefficient (Wildman–Crippen LogP) is 3.40. The Morgan fingerprint density at radius 3 is 2.38 bits per heavy atom. The van der Waals surface area contributed by atoms with Gasteiger partial charge in [-0.2, -0.15) is 4.79 Å². The number of rotatable bonds is 3. The van der Waals surface area contributed by atoms with Gasteiger partial charge in [0, 0.05) is 10.5 Å². The number of thioether (sulfide) groups is 1. The Bertz CT molecular complexity index is 728. The van der Waals surface area contributed by atoms with Crippen molar-refractivity contribution in [1.82, 2.24) is 14.9 Å². The van der Waals surface area contributed by atoms with Gasteiger partial charge in [-0.25, -0.2) is 10.4 Å². The summed E-state index contributed by atoms with van der Waals surface area (Å²) < 4.78 is 0. The van der Waals surface area contributed by atoms with Crippen LogP contribution in [-0.4, -0.2) is 20.1 Å². The summed E-state index contributed by atoms with van der Waals surface area (Å²) in [6.07, 6.45) is 1.41. The van der Waals surface area contributed by atoms with Crippen LogP contribution in [0.15, 0.2) is 71.9 Å². The maximum Gasteiger partial charge on any atom is 0.304 e. The van der Waals surface area contributed by atoms with Crippen LogP contribution in [0.25, 0.3) is 11.4 Å². The lowest BCUT2D eigenvalue weighted by Crippen LogP contribution is -2.21. The molecule has 5 nitrogen and oxygen atoms in total. The van der Waals surface area contributed by atoms with E-state index in [0.29, 0.717) is 5.82 Å². The molecule has 0 aliphatic carbocycles. The molecule has 1 heterocycles. The summed E-state index contributed by atoms with van der Waals surface area (Å²) >= 11 is 1.11. The van der Waals surface area contributed by atoms with Crippen molar-refractivity contribution in [3.05, 3.63) is 67.0 Å². The van der Waals surface area contributed by atoms with Gasteiger partial charge in [-0.15, -0.1) is 5.10 Å². The monoisotopic (exact) mass is 296 g/mol. The third-order valence-corrected chi connectivity index (χ3v) is 3.52. The lowest BCUT2D eigenvalue weighted by atomic mass is 10.2. The number of nitrogens with zero attached hydrogens (tertiary/aromatic N) is 3. The van der Waals surface area contributed by atoms with E-state index in [4.69, 9.17) is 0 Å². The van der Waals surface area contributed by atoms with Crippen LogP contribution in [0.5, 0.6) is 0 Å². The Morgan fingerprint density at radius 2 is 1.67 bits per heavy atom. The molecule has 3 aromatic rings. The Morgan fingerprint density at radius 1 is 1.00 bits per heavy atom. The van der Waals surface area contributed by atoms with E-state index >= 15 is 0 Å². The molecule has 0 saturated carbocycles. The number of carbonyl (C=O) groups is 1. The maximum absolute atomic E-state index is 12.0. The second-order valence-corrected chi connectivity index (χ2v) is 5.22. The van der Waals surface area contributed by atoms with Crippen LogP contribution in [0.3, 0.4) is 0 Å². The standard InChI is InChI=1S/C15H12N4OS/c20-15(21-13-9-5-2-6-10-13)18-19-14(16-11-17-19)12-7-3-1-4-8-12/h1-11H,(H,18,20). The van der Waals surface area contributed by atoms with Gasteiger partial charge in [0.1, 0.15) is 6.33 Å². The Hall–Kier alpha value is -2.60. The highest BCUT2D eigenvalue weighted by Gasteiger charge is 2.10. The highest BCUT2D eigenvalue weighted by atomic mass is 32.2. The minimum absolute atomic E-state index is 0.219. The first-order chi connectivity index (χ1) is 10.3. The van der Waals surface area contributed by atoms with E-state index in [0.717, 1.165) is 22.2 Å². The molecule has 2 aromatic carbocycles. The summed E-state index contributed by atoms with van der Waals surface area (Å²) in [6, 6.07) is 19.0. The van der Waals surface area contributed by atoms with Gasteiger partial charge in [0.05, 0.1) is 0 Å². The number of aromatic nitrogens is 3. The lowest BCUT2D eigenvalue weighted by molar-refractivity contribution is 0.267. The van der Waals surface area contributed by atoms with E-state index in [1.165, 1.54) is 11.1 Å². The largest absolute Gasteiger partial charge is 0.304 e. The molecule has 104 valence electrons. The van der Waals surface area contributed by atoms with Gasteiger partial charge in [-0.1, -0.05) is 48.5 Å². The van der Waals surface area contributed by atoms with Crippen LogP contribution in [0.1, 0.15) is 0 Å². The zero-order valence-electron chi connectivity index (χ0n) is 11.0. The summed E-state index contributed by atoms with van der Waals surface area (Å²) in [5, 5.41) is 3.82. The summed E-state index contributed by atoms with van der Waals surface area (Å²) in [6.45, 7) is 0. The van der Waals surface area contributed by atoms with Gasteiger partial charge in [-0.3, -0.25) is 4.79 Å². The number of carbonyl (C=O) groups excluding carboxylic acids is 1. The minimum atomic E-state index is -0.219. The Labute approximate surface area is 126 Å². The fraction of sp³-hybridized carbons (Fsp3) is 0. The zero-order chi connectivity index (χ0) is 14.5. The fourth-order valence-electron chi connectivity index (χ4n) is 1.81. The van der Waals surface area contributed by atoms with Gasteiger partial charge in [0.25, 0.3) is 0 Å². The lowest BCUT2D eigenvalue weighted by Gasteiger charge is -2.07.